The van der Waals surface area contributed by atoms with Crippen LogP contribution in [0.3, 0.4) is 0 Å². The second-order valence-corrected chi connectivity index (χ2v) is 5.61. The summed E-state index contributed by atoms with van der Waals surface area (Å²) < 4.78 is 5.18. The zero-order chi connectivity index (χ0) is 13.5. The van der Waals surface area contributed by atoms with Gasteiger partial charge in [0.1, 0.15) is 5.75 Å². The van der Waals surface area contributed by atoms with Crippen molar-refractivity contribution in [3.8, 4) is 5.75 Å². The Morgan fingerprint density at radius 3 is 2.58 bits per heavy atom. The molecule has 2 heteroatoms. The van der Waals surface area contributed by atoms with Gasteiger partial charge in [-0.2, -0.15) is 0 Å². The number of ether oxygens (including phenoxy) is 1. The summed E-state index contributed by atoms with van der Waals surface area (Å²) in [7, 11) is 1.71. The first-order chi connectivity index (χ1) is 9.33. The van der Waals surface area contributed by atoms with E-state index < -0.39 is 0 Å². The molecule has 0 amide bonds. The van der Waals surface area contributed by atoms with E-state index >= 15 is 0 Å². The molecule has 0 bridgehead atoms. The SMILES string of the molecule is CCC1CCCCC1NCCc1ccc(OC)cc1. The lowest BCUT2D eigenvalue weighted by Gasteiger charge is -2.31. The molecule has 1 aromatic rings. The Labute approximate surface area is 117 Å². The number of rotatable bonds is 6. The zero-order valence-electron chi connectivity index (χ0n) is 12.3. The van der Waals surface area contributed by atoms with Gasteiger partial charge in [0.2, 0.25) is 0 Å². The maximum Gasteiger partial charge on any atom is 0.118 e. The molecule has 0 heterocycles. The molecule has 1 N–H and O–H groups in total. The highest BCUT2D eigenvalue weighted by atomic mass is 16.5. The highest BCUT2D eigenvalue weighted by Crippen LogP contribution is 2.26. The Kier molecular flexibility index (Phi) is 5.71. The number of benzene rings is 1. The topological polar surface area (TPSA) is 21.3 Å². The molecule has 1 saturated carbocycles. The summed E-state index contributed by atoms with van der Waals surface area (Å²) >= 11 is 0. The molecule has 1 fully saturated rings. The third-order valence-corrected chi connectivity index (χ3v) is 4.41. The van der Waals surface area contributed by atoms with Gasteiger partial charge < -0.3 is 10.1 Å². The van der Waals surface area contributed by atoms with Crippen LogP contribution in [0.5, 0.6) is 5.75 Å². The van der Waals surface area contributed by atoms with Crippen LogP contribution >= 0.6 is 0 Å². The van der Waals surface area contributed by atoms with Gasteiger partial charge in [-0.3, -0.25) is 0 Å². The fourth-order valence-corrected chi connectivity index (χ4v) is 3.16. The van der Waals surface area contributed by atoms with Crippen molar-refractivity contribution in [1.82, 2.24) is 5.32 Å². The van der Waals surface area contributed by atoms with Gasteiger partial charge in [0.15, 0.2) is 0 Å². The van der Waals surface area contributed by atoms with Crippen molar-refractivity contribution in [2.45, 2.75) is 51.5 Å². The molecule has 106 valence electrons. The lowest BCUT2D eigenvalue weighted by Crippen LogP contribution is -2.39. The minimum atomic E-state index is 0.747. The van der Waals surface area contributed by atoms with E-state index in [4.69, 9.17) is 4.74 Å². The standard InChI is InChI=1S/C17H27NO/c1-3-15-6-4-5-7-17(15)18-13-12-14-8-10-16(19-2)11-9-14/h8-11,15,17-18H,3-7,12-13H2,1-2H3. The predicted octanol–water partition coefficient (Wildman–Crippen LogP) is 3.80. The van der Waals surface area contributed by atoms with Crippen LogP contribution in [-0.2, 0) is 6.42 Å². The Morgan fingerprint density at radius 1 is 1.16 bits per heavy atom. The van der Waals surface area contributed by atoms with E-state index in [9.17, 15) is 0 Å². The summed E-state index contributed by atoms with van der Waals surface area (Å²) in [5, 5.41) is 3.77. The quantitative estimate of drug-likeness (QED) is 0.841. The molecule has 0 aromatic heterocycles. The van der Waals surface area contributed by atoms with Gasteiger partial charge in [-0.05, 0) is 49.4 Å². The Hall–Kier alpha value is -1.02. The molecule has 2 nitrogen and oxygen atoms in total. The van der Waals surface area contributed by atoms with Crippen molar-refractivity contribution in [2.75, 3.05) is 13.7 Å². The third-order valence-electron chi connectivity index (χ3n) is 4.41. The van der Waals surface area contributed by atoms with E-state index in [-0.39, 0.29) is 0 Å². The van der Waals surface area contributed by atoms with E-state index in [1.807, 2.05) is 12.1 Å². The Balaban J connectivity index is 1.75. The molecule has 1 aliphatic rings. The molecule has 1 aliphatic carbocycles. The van der Waals surface area contributed by atoms with Gasteiger partial charge in [0, 0.05) is 6.04 Å². The van der Waals surface area contributed by atoms with Crippen LogP contribution in [0.15, 0.2) is 24.3 Å². The van der Waals surface area contributed by atoms with Gasteiger partial charge in [-0.15, -0.1) is 0 Å². The average Bonchev–Trinajstić information content (AvgIpc) is 2.48. The van der Waals surface area contributed by atoms with Crippen LogP contribution in [0.4, 0.5) is 0 Å². The first kappa shape index (κ1) is 14.4. The average molecular weight is 261 g/mol. The number of nitrogens with one attached hydrogen (secondary N) is 1. The van der Waals surface area contributed by atoms with Gasteiger partial charge in [-0.1, -0.05) is 38.3 Å². The maximum atomic E-state index is 5.18. The monoisotopic (exact) mass is 261 g/mol. The molecule has 0 saturated heterocycles. The third kappa shape index (κ3) is 4.24. The second kappa shape index (κ2) is 7.54. The van der Waals surface area contributed by atoms with Gasteiger partial charge in [0.05, 0.1) is 7.11 Å². The number of methoxy groups -OCH3 is 1. The van der Waals surface area contributed by atoms with E-state index in [0.717, 1.165) is 30.7 Å². The molecule has 0 spiro atoms. The molecular weight excluding hydrogens is 234 g/mol. The van der Waals surface area contributed by atoms with Crippen molar-refractivity contribution < 1.29 is 4.74 Å². The van der Waals surface area contributed by atoms with Gasteiger partial charge >= 0.3 is 0 Å². The smallest absolute Gasteiger partial charge is 0.118 e. The minimum Gasteiger partial charge on any atom is -0.497 e. The van der Waals surface area contributed by atoms with Crippen molar-refractivity contribution in [2.24, 2.45) is 5.92 Å². The normalized spacial score (nSPS) is 23.3. The summed E-state index contributed by atoms with van der Waals surface area (Å²) in [6, 6.07) is 9.17. The number of hydrogen-bond donors (Lipinski definition) is 1. The Bertz CT molecular complexity index is 360. The molecule has 0 aliphatic heterocycles. The molecule has 2 rings (SSSR count). The fourth-order valence-electron chi connectivity index (χ4n) is 3.16. The lowest BCUT2D eigenvalue weighted by molar-refractivity contribution is 0.257. The largest absolute Gasteiger partial charge is 0.497 e. The van der Waals surface area contributed by atoms with Crippen LogP contribution in [-0.4, -0.2) is 19.7 Å². The van der Waals surface area contributed by atoms with E-state index in [1.54, 1.807) is 7.11 Å². The first-order valence-corrected chi connectivity index (χ1v) is 7.69. The summed E-state index contributed by atoms with van der Waals surface area (Å²) in [5.41, 5.74) is 1.39. The fraction of sp³-hybridized carbons (Fsp3) is 0.647. The van der Waals surface area contributed by atoms with Crippen molar-refractivity contribution in [3.63, 3.8) is 0 Å². The molecule has 2 unspecified atom stereocenters. The van der Waals surface area contributed by atoms with Crippen molar-refractivity contribution in [3.05, 3.63) is 29.8 Å². The van der Waals surface area contributed by atoms with Gasteiger partial charge in [-0.25, -0.2) is 0 Å². The van der Waals surface area contributed by atoms with Crippen LogP contribution < -0.4 is 10.1 Å². The summed E-state index contributed by atoms with van der Waals surface area (Å²) in [6.45, 7) is 3.42. The van der Waals surface area contributed by atoms with Crippen molar-refractivity contribution >= 4 is 0 Å². The minimum absolute atomic E-state index is 0.747. The molecular formula is C17H27NO. The van der Waals surface area contributed by atoms with E-state index in [1.165, 1.54) is 37.7 Å². The van der Waals surface area contributed by atoms with Crippen LogP contribution in [0, 0.1) is 5.92 Å². The second-order valence-electron chi connectivity index (χ2n) is 5.61. The van der Waals surface area contributed by atoms with Gasteiger partial charge in [0.25, 0.3) is 0 Å². The molecule has 2 atom stereocenters. The lowest BCUT2D eigenvalue weighted by atomic mass is 9.83. The predicted molar refractivity (Wildman–Crippen MR) is 80.7 cm³/mol. The summed E-state index contributed by atoms with van der Waals surface area (Å²) in [5.74, 6) is 1.83. The van der Waals surface area contributed by atoms with Crippen LogP contribution in [0.2, 0.25) is 0 Å². The van der Waals surface area contributed by atoms with Crippen LogP contribution in [0.1, 0.15) is 44.6 Å². The number of hydrogen-bond acceptors (Lipinski definition) is 2. The van der Waals surface area contributed by atoms with E-state index in [2.05, 4.69) is 24.4 Å². The molecule has 0 radical (unpaired) electrons. The first-order valence-electron chi connectivity index (χ1n) is 7.69. The molecule has 19 heavy (non-hydrogen) atoms. The van der Waals surface area contributed by atoms with E-state index in [0.29, 0.717) is 0 Å². The van der Waals surface area contributed by atoms with Crippen molar-refractivity contribution in [1.29, 1.82) is 0 Å². The molecule has 1 aromatic carbocycles. The highest BCUT2D eigenvalue weighted by Gasteiger charge is 2.22. The maximum absolute atomic E-state index is 5.18. The summed E-state index contributed by atoms with van der Waals surface area (Å²) in [6.07, 6.45) is 8.03. The zero-order valence-corrected chi connectivity index (χ0v) is 12.3. The highest BCUT2D eigenvalue weighted by molar-refractivity contribution is 5.27. The van der Waals surface area contributed by atoms with Crippen LogP contribution in [0.25, 0.3) is 0 Å². The summed E-state index contributed by atoms with van der Waals surface area (Å²) in [4.78, 5) is 0. The Morgan fingerprint density at radius 2 is 1.89 bits per heavy atom.